The van der Waals surface area contributed by atoms with Crippen molar-refractivity contribution >= 4 is 38.9 Å². The summed E-state index contributed by atoms with van der Waals surface area (Å²) >= 11 is 1.44. The number of carbonyl (C=O) groups is 1. The zero-order chi connectivity index (χ0) is 19.4. The summed E-state index contributed by atoms with van der Waals surface area (Å²) in [5.74, 6) is -0.219. The van der Waals surface area contributed by atoms with E-state index in [0.29, 0.717) is 10.6 Å². The Kier molecular flexibility index (Phi) is 5.52. The second-order valence-electron chi connectivity index (χ2n) is 5.70. The van der Waals surface area contributed by atoms with Gasteiger partial charge in [-0.1, -0.05) is 6.92 Å². The van der Waals surface area contributed by atoms with Gasteiger partial charge in [-0.15, -0.1) is 11.3 Å². The molecule has 0 saturated heterocycles. The summed E-state index contributed by atoms with van der Waals surface area (Å²) in [5.41, 5.74) is 1.67. The van der Waals surface area contributed by atoms with E-state index in [2.05, 4.69) is 20.0 Å². The number of thiophene rings is 1. The number of hydrogen-bond donors (Lipinski definition) is 2. The SMILES string of the molecule is CCc1cc(C(=O)Nc2ccc(S(=O)(=O)Nc3ncccn3)cc2)sc1C. The molecule has 0 radical (unpaired) electrons. The highest BCUT2D eigenvalue weighted by Gasteiger charge is 2.16. The second kappa shape index (κ2) is 7.85. The van der Waals surface area contributed by atoms with Crippen LogP contribution in [0.1, 0.15) is 27.0 Å². The molecule has 3 aromatic rings. The molecule has 0 spiro atoms. The van der Waals surface area contributed by atoms with E-state index in [0.717, 1.165) is 16.9 Å². The van der Waals surface area contributed by atoms with Crippen LogP contribution < -0.4 is 10.0 Å². The Labute approximate surface area is 161 Å². The third kappa shape index (κ3) is 4.50. The summed E-state index contributed by atoms with van der Waals surface area (Å²) in [7, 11) is -3.80. The predicted molar refractivity (Wildman–Crippen MR) is 106 cm³/mol. The summed E-state index contributed by atoms with van der Waals surface area (Å²) in [4.78, 5) is 21.8. The second-order valence-corrected chi connectivity index (χ2v) is 8.64. The molecule has 0 aliphatic heterocycles. The minimum atomic E-state index is -3.80. The molecule has 9 heteroatoms. The Morgan fingerprint density at radius 3 is 2.41 bits per heavy atom. The first-order valence-electron chi connectivity index (χ1n) is 8.19. The molecule has 1 aromatic carbocycles. The first-order valence-corrected chi connectivity index (χ1v) is 10.5. The molecule has 7 nitrogen and oxygen atoms in total. The number of aromatic nitrogens is 2. The van der Waals surface area contributed by atoms with Gasteiger partial charge in [0.05, 0.1) is 9.77 Å². The van der Waals surface area contributed by atoms with Gasteiger partial charge in [-0.05, 0) is 55.3 Å². The van der Waals surface area contributed by atoms with Crippen molar-refractivity contribution in [1.82, 2.24) is 9.97 Å². The minimum Gasteiger partial charge on any atom is -0.321 e. The van der Waals surface area contributed by atoms with Gasteiger partial charge in [0, 0.05) is 23.0 Å². The van der Waals surface area contributed by atoms with Crippen LogP contribution in [0.4, 0.5) is 11.6 Å². The van der Waals surface area contributed by atoms with Crippen LogP contribution in [0.25, 0.3) is 0 Å². The molecule has 27 heavy (non-hydrogen) atoms. The van der Waals surface area contributed by atoms with E-state index in [1.807, 2.05) is 19.9 Å². The van der Waals surface area contributed by atoms with E-state index >= 15 is 0 Å². The van der Waals surface area contributed by atoms with Crippen LogP contribution in [-0.4, -0.2) is 24.3 Å². The first kappa shape index (κ1) is 19.0. The van der Waals surface area contributed by atoms with Crippen molar-refractivity contribution in [1.29, 1.82) is 0 Å². The highest BCUT2D eigenvalue weighted by molar-refractivity contribution is 7.92. The number of anilines is 2. The van der Waals surface area contributed by atoms with E-state index in [4.69, 9.17) is 0 Å². The molecule has 0 atom stereocenters. The van der Waals surface area contributed by atoms with Gasteiger partial charge in [-0.25, -0.2) is 23.1 Å². The van der Waals surface area contributed by atoms with E-state index in [-0.39, 0.29) is 16.8 Å². The van der Waals surface area contributed by atoms with Crippen molar-refractivity contribution in [3.63, 3.8) is 0 Å². The molecule has 0 saturated carbocycles. The number of nitrogens with zero attached hydrogens (tertiary/aromatic N) is 2. The molecule has 0 aliphatic carbocycles. The number of amides is 1. The first-order chi connectivity index (χ1) is 12.9. The monoisotopic (exact) mass is 402 g/mol. The van der Waals surface area contributed by atoms with Gasteiger partial charge < -0.3 is 5.32 Å². The summed E-state index contributed by atoms with van der Waals surface area (Å²) in [6, 6.07) is 9.39. The Balaban J connectivity index is 1.72. The van der Waals surface area contributed by atoms with E-state index in [1.165, 1.54) is 35.9 Å². The number of carbonyl (C=O) groups excluding carboxylic acids is 1. The van der Waals surface area contributed by atoms with Gasteiger partial charge in [-0.2, -0.15) is 0 Å². The number of rotatable bonds is 6. The predicted octanol–water partition coefficient (Wildman–Crippen LogP) is 3.46. The standard InChI is InChI=1S/C18H18N4O3S2/c1-3-13-11-16(26-12(13)2)17(23)21-14-5-7-15(8-6-14)27(24,25)22-18-19-9-4-10-20-18/h4-11H,3H2,1-2H3,(H,21,23)(H,19,20,22). The summed E-state index contributed by atoms with van der Waals surface area (Å²) in [6.07, 6.45) is 3.76. The average Bonchev–Trinajstić information content (AvgIpc) is 3.03. The largest absolute Gasteiger partial charge is 0.321 e. The lowest BCUT2D eigenvalue weighted by Gasteiger charge is -2.08. The van der Waals surface area contributed by atoms with Gasteiger partial charge in [0.15, 0.2) is 0 Å². The molecular weight excluding hydrogens is 384 g/mol. The molecule has 0 fully saturated rings. The van der Waals surface area contributed by atoms with Gasteiger partial charge in [0.1, 0.15) is 0 Å². The van der Waals surface area contributed by atoms with Crippen molar-refractivity contribution in [2.24, 2.45) is 0 Å². The maximum absolute atomic E-state index is 12.4. The van der Waals surface area contributed by atoms with E-state index < -0.39 is 10.0 Å². The van der Waals surface area contributed by atoms with Crippen molar-refractivity contribution in [3.05, 3.63) is 64.1 Å². The van der Waals surface area contributed by atoms with Gasteiger partial charge in [-0.3, -0.25) is 4.79 Å². The van der Waals surface area contributed by atoms with Crippen molar-refractivity contribution in [2.45, 2.75) is 25.2 Å². The van der Waals surface area contributed by atoms with Crippen LogP contribution in [0.15, 0.2) is 53.7 Å². The van der Waals surface area contributed by atoms with Crippen molar-refractivity contribution < 1.29 is 13.2 Å². The zero-order valence-corrected chi connectivity index (χ0v) is 16.4. The minimum absolute atomic E-state index is 0.00493. The molecule has 140 valence electrons. The summed E-state index contributed by atoms with van der Waals surface area (Å²) in [6.45, 7) is 4.04. The lowest BCUT2D eigenvalue weighted by atomic mass is 10.2. The van der Waals surface area contributed by atoms with Crippen LogP contribution in [0.5, 0.6) is 0 Å². The molecule has 2 N–H and O–H groups in total. The summed E-state index contributed by atoms with van der Waals surface area (Å²) < 4.78 is 27.0. The lowest BCUT2D eigenvalue weighted by Crippen LogP contribution is -2.15. The number of benzene rings is 1. The number of sulfonamides is 1. The Morgan fingerprint density at radius 2 is 1.81 bits per heavy atom. The highest BCUT2D eigenvalue weighted by Crippen LogP contribution is 2.23. The van der Waals surface area contributed by atoms with Gasteiger partial charge in [0.25, 0.3) is 15.9 Å². The molecular formula is C18H18N4O3S2. The van der Waals surface area contributed by atoms with Crippen LogP contribution in [0.3, 0.4) is 0 Å². The van der Waals surface area contributed by atoms with Crippen LogP contribution in [0.2, 0.25) is 0 Å². The fourth-order valence-corrected chi connectivity index (χ4v) is 4.39. The van der Waals surface area contributed by atoms with Crippen LogP contribution in [0, 0.1) is 6.92 Å². The quantitative estimate of drug-likeness (QED) is 0.657. The number of hydrogen-bond acceptors (Lipinski definition) is 6. The Bertz CT molecular complexity index is 1050. The van der Waals surface area contributed by atoms with Crippen molar-refractivity contribution in [3.8, 4) is 0 Å². The summed E-state index contributed by atoms with van der Waals surface area (Å²) in [5, 5.41) is 2.78. The van der Waals surface area contributed by atoms with Crippen LogP contribution >= 0.6 is 11.3 Å². The fraction of sp³-hybridized carbons (Fsp3) is 0.167. The zero-order valence-electron chi connectivity index (χ0n) is 14.8. The fourth-order valence-electron chi connectivity index (χ4n) is 2.42. The highest BCUT2D eigenvalue weighted by atomic mass is 32.2. The third-order valence-electron chi connectivity index (χ3n) is 3.84. The maximum Gasteiger partial charge on any atom is 0.265 e. The third-order valence-corrected chi connectivity index (χ3v) is 6.27. The molecule has 2 aromatic heterocycles. The van der Waals surface area contributed by atoms with Gasteiger partial charge in [0.2, 0.25) is 5.95 Å². The van der Waals surface area contributed by atoms with Crippen LogP contribution in [-0.2, 0) is 16.4 Å². The average molecular weight is 403 g/mol. The number of nitrogens with one attached hydrogen (secondary N) is 2. The molecule has 0 bridgehead atoms. The molecule has 1 amide bonds. The lowest BCUT2D eigenvalue weighted by molar-refractivity contribution is 0.103. The maximum atomic E-state index is 12.4. The topological polar surface area (TPSA) is 101 Å². The Hall–Kier alpha value is -2.78. The normalized spacial score (nSPS) is 11.2. The van der Waals surface area contributed by atoms with E-state index in [9.17, 15) is 13.2 Å². The molecule has 2 heterocycles. The van der Waals surface area contributed by atoms with Gasteiger partial charge >= 0.3 is 0 Å². The Morgan fingerprint density at radius 1 is 1.15 bits per heavy atom. The molecule has 0 unspecified atom stereocenters. The number of aryl methyl sites for hydroxylation is 2. The van der Waals surface area contributed by atoms with E-state index in [1.54, 1.807) is 18.2 Å². The smallest absolute Gasteiger partial charge is 0.265 e. The molecule has 3 rings (SSSR count). The molecule has 0 aliphatic rings. The van der Waals surface area contributed by atoms with Crippen molar-refractivity contribution in [2.75, 3.05) is 10.0 Å².